The lowest BCUT2D eigenvalue weighted by atomic mass is 9.42. The highest BCUT2D eigenvalue weighted by atomic mass is 16.6. The number of ether oxygens (including phenoxy) is 7. The van der Waals surface area contributed by atoms with Gasteiger partial charge in [-0.25, -0.2) is 4.79 Å². The number of aliphatic hydroxyl groups is 2. The average Bonchev–Trinajstić information content (AvgIpc) is 3.44. The highest BCUT2D eigenvalue weighted by molar-refractivity contribution is 5.89. The Balaban J connectivity index is 1.51. The van der Waals surface area contributed by atoms with Gasteiger partial charge in [-0.15, -0.1) is 0 Å². The van der Waals surface area contributed by atoms with Crippen LogP contribution in [0, 0.1) is 34.5 Å². The van der Waals surface area contributed by atoms with Crippen LogP contribution in [-0.2, 0) is 38.0 Å². The van der Waals surface area contributed by atoms with Gasteiger partial charge in [0.25, 0.3) is 0 Å². The molecule has 12 nitrogen and oxygen atoms in total. The number of aliphatic hydroxyl groups excluding tert-OH is 1. The van der Waals surface area contributed by atoms with Gasteiger partial charge in [-0.1, -0.05) is 25.1 Å². The second-order valence-electron chi connectivity index (χ2n) is 14.8. The minimum absolute atomic E-state index is 0.170. The first-order valence-electron chi connectivity index (χ1n) is 17.3. The highest BCUT2D eigenvalue weighted by Crippen LogP contribution is 2.80. The third kappa shape index (κ3) is 4.00. The second-order valence-corrected chi connectivity index (χ2v) is 14.8. The molecule has 6 fully saturated rings. The van der Waals surface area contributed by atoms with Crippen LogP contribution in [0.25, 0.3) is 0 Å². The van der Waals surface area contributed by atoms with Gasteiger partial charge in [0.1, 0.15) is 35.6 Å². The lowest BCUT2D eigenvalue weighted by Gasteiger charge is -2.70. The largest absolute Gasteiger partial charge is 0.462 e. The van der Waals surface area contributed by atoms with Gasteiger partial charge >= 0.3 is 11.9 Å². The van der Waals surface area contributed by atoms with E-state index in [4.69, 9.17) is 33.2 Å². The van der Waals surface area contributed by atoms with E-state index < -0.39 is 76.5 Å². The summed E-state index contributed by atoms with van der Waals surface area (Å²) in [7, 11) is 6.51. The number of fused-ring (bicyclic) bond motifs is 2. The highest BCUT2D eigenvalue weighted by Gasteiger charge is 2.91. The number of carbonyl (C=O) groups excluding carboxylic acids is 2. The summed E-state index contributed by atoms with van der Waals surface area (Å²) >= 11 is 0. The topological polar surface area (TPSA) is 142 Å². The first kappa shape index (κ1) is 34.3. The summed E-state index contributed by atoms with van der Waals surface area (Å²) in [6.07, 6.45) is -4.37. The number of esters is 2. The zero-order valence-electron chi connectivity index (χ0n) is 29.0. The van der Waals surface area contributed by atoms with E-state index >= 15 is 0 Å². The number of nitrogens with zero attached hydrogens (tertiary/aromatic N) is 1. The third-order valence-corrected chi connectivity index (χ3v) is 13.5. The molecule has 0 amide bonds. The van der Waals surface area contributed by atoms with E-state index in [2.05, 4.69) is 11.8 Å². The van der Waals surface area contributed by atoms with Gasteiger partial charge in [-0.2, -0.15) is 0 Å². The molecule has 2 N–H and O–H groups in total. The number of benzene rings is 1. The van der Waals surface area contributed by atoms with Crippen molar-refractivity contribution in [2.24, 2.45) is 34.5 Å². The molecule has 15 atom stereocenters. The maximum absolute atomic E-state index is 13.8. The fourth-order valence-corrected chi connectivity index (χ4v) is 12.7. The molecular formula is C36H51NO11. The van der Waals surface area contributed by atoms with Crippen molar-refractivity contribution in [3.63, 3.8) is 0 Å². The van der Waals surface area contributed by atoms with E-state index in [0.29, 0.717) is 31.7 Å². The molecule has 1 heterocycles. The van der Waals surface area contributed by atoms with Crippen LogP contribution in [0.15, 0.2) is 30.3 Å². The molecule has 7 rings (SSSR count). The van der Waals surface area contributed by atoms with Crippen molar-refractivity contribution in [1.29, 1.82) is 0 Å². The summed E-state index contributed by atoms with van der Waals surface area (Å²) < 4.78 is 44.7. The summed E-state index contributed by atoms with van der Waals surface area (Å²) in [6, 6.07) is 8.51. The Morgan fingerprint density at radius 1 is 0.958 bits per heavy atom. The number of likely N-dealkylation sites (tertiary alicyclic amines) is 1. The fourth-order valence-electron chi connectivity index (χ4n) is 12.7. The standard InChI is InChI=1S/C36H51NO11/c1-8-37-17-33(18-42-4)22(47-19(3)38)15-23(43-5)35-21-16-34(41)30(48-32(40)20-13-11-10-12-14-20)24(21)36(46-9-2,29(39)31(34)45-7)25(28(35)37)26(44-6)27(33)35/h10-14,21-31,39,41H,8-9,15-18H2,1-7H3/t21-,22+,23-,24+,25+,26+,27+,28-,29+,30-,31+,33-,34-,35-,36+/m1/s1. The first-order chi connectivity index (χ1) is 23.0. The molecule has 1 aromatic carbocycles. The van der Waals surface area contributed by atoms with E-state index in [-0.39, 0.29) is 36.9 Å². The number of piperidine rings is 1. The van der Waals surface area contributed by atoms with Crippen molar-refractivity contribution in [2.75, 3.05) is 54.7 Å². The molecule has 1 aromatic rings. The van der Waals surface area contributed by atoms with Crippen LogP contribution < -0.4 is 0 Å². The number of rotatable bonds is 11. The Morgan fingerprint density at radius 3 is 2.27 bits per heavy atom. The zero-order chi connectivity index (χ0) is 34.4. The van der Waals surface area contributed by atoms with E-state index in [9.17, 15) is 19.8 Å². The van der Waals surface area contributed by atoms with Crippen molar-refractivity contribution >= 4 is 11.9 Å². The molecule has 1 spiro atoms. The summed E-state index contributed by atoms with van der Waals surface area (Å²) in [5.74, 6) is -2.72. The molecule has 0 radical (unpaired) electrons. The SMILES string of the molecule is CCO[C@@]12[C@@H]3[C@@H](OC(=O)c4ccccc4)[C@](O)(C[C@H]3[C@]34[C@H](OC)C[C@H](OC(C)=O)[C@]5(COC)CN(CC)[C@@H]3[C@@H]1[C@H](OC)[C@@H]54)[C@@H](OC)[C@@H]2O. The van der Waals surface area contributed by atoms with E-state index in [0.717, 1.165) is 0 Å². The minimum atomic E-state index is -1.74. The molecular weight excluding hydrogens is 622 g/mol. The molecule has 0 aromatic heterocycles. The lowest BCUT2D eigenvalue weighted by molar-refractivity contribution is -0.330. The molecule has 5 saturated carbocycles. The van der Waals surface area contributed by atoms with Gasteiger partial charge in [-0.3, -0.25) is 9.69 Å². The van der Waals surface area contributed by atoms with Gasteiger partial charge in [0.2, 0.25) is 0 Å². The summed E-state index contributed by atoms with van der Waals surface area (Å²) in [6.45, 7) is 7.20. The van der Waals surface area contributed by atoms with Gasteiger partial charge in [-0.05, 0) is 37.9 Å². The van der Waals surface area contributed by atoms with Crippen LogP contribution in [0.3, 0.4) is 0 Å². The van der Waals surface area contributed by atoms with Crippen molar-refractivity contribution < 1.29 is 53.0 Å². The van der Waals surface area contributed by atoms with Crippen LogP contribution in [0.5, 0.6) is 0 Å². The number of hydrogen-bond acceptors (Lipinski definition) is 12. The van der Waals surface area contributed by atoms with Crippen molar-refractivity contribution in [3.8, 4) is 0 Å². The third-order valence-electron chi connectivity index (χ3n) is 13.5. The van der Waals surface area contributed by atoms with Crippen LogP contribution in [0.1, 0.15) is 44.0 Å². The second kappa shape index (κ2) is 12.0. The first-order valence-corrected chi connectivity index (χ1v) is 17.3. The van der Waals surface area contributed by atoms with Crippen molar-refractivity contribution in [3.05, 3.63) is 35.9 Å². The Morgan fingerprint density at radius 2 is 1.69 bits per heavy atom. The van der Waals surface area contributed by atoms with Crippen LogP contribution in [0.4, 0.5) is 0 Å². The van der Waals surface area contributed by atoms with Crippen LogP contribution in [0.2, 0.25) is 0 Å². The average molecular weight is 674 g/mol. The monoisotopic (exact) mass is 673 g/mol. The van der Waals surface area contributed by atoms with Gasteiger partial charge in [0.15, 0.2) is 0 Å². The Kier molecular flexibility index (Phi) is 8.55. The van der Waals surface area contributed by atoms with Crippen LogP contribution in [-0.4, -0.2) is 136 Å². The number of hydrogen-bond donors (Lipinski definition) is 2. The van der Waals surface area contributed by atoms with Gasteiger partial charge in [0.05, 0.1) is 24.4 Å². The molecule has 7 bridgehead atoms. The van der Waals surface area contributed by atoms with Crippen molar-refractivity contribution in [1.82, 2.24) is 4.90 Å². The molecule has 1 aliphatic heterocycles. The Labute approximate surface area is 282 Å². The molecule has 0 unspecified atom stereocenters. The van der Waals surface area contributed by atoms with E-state index in [1.165, 1.54) is 14.0 Å². The molecule has 266 valence electrons. The zero-order valence-corrected chi connectivity index (χ0v) is 29.0. The smallest absolute Gasteiger partial charge is 0.338 e. The Hall–Kier alpha value is -2.16. The summed E-state index contributed by atoms with van der Waals surface area (Å²) in [5, 5.41) is 25.5. The number of methoxy groups -OCH3 is 4. The Bertz CT molecular complexity index is 1400. The predicted molar refractivity (Wildman–Crippen MR) is 170 cm³/mol. The number of carbonyl (C=O) groups is 2. The van der Waals surface area contributed by atoms with Crippen molar-refractivity contribution in [2.45, 2.75) is 87.5 Å². The van der Waals surface area contributed by atoms with Crippen LogP contribution >= 0.6 is 0 Å². The minimum Gasteiger partial charge on any atom is -0.462 e. The summed E-state index contributed by atoms with van der Waals surface area (Å²) in [4.78, 5) is 28.9. The molecule has 12 heteroatoms. The molecule has 1 saturated heterocycles. The summed E-state index contributed by atoms with van der Waals surface area (Å²) in [5.41, 5.74) is -4.14. The maximum Gasteiger partial charge on any atom is 0.338 e. The fraction of sp³-hybridized carbons (Fsp3) is 0.778. The van der Waals surface area contributed by atoms with E-state index in [1.54, 1.807) is 45.6 Å². The van der Waals surface area contributed by atoms with Gasteiger partial charge in [0, 0.05) is 89.6 Å². The molecule has 48 heavy (non-hydrogen) atoms. The quantitative estimate of drug-likeness (QED) is 0.330. The van der Waals surface area contributed by atoms with E-state index in [1.807, 2.05) is 13.0 Å². The van der Waals surface area contributed by atoms with Gasteiger partial charge < -0.3 is 43.4 Å². The predicted octanol–water partition coefficient (Wildman–Crippen LogP) is 1.69. The maximum atomic E-state index is 13.8. The molecule has 6 aliphatic rings. The normalized spacial score (nSPS) is 48.3. The molecule has 5 aliphatic carbocycles. The lowest BCUT2D eigenvalue weighted by Crippen LogP contribution is -2.81.